The molecule has 4 fully saturated rings. The summed E-state index contributed by atoms with van der Waals surface area (Å²) in [5, 5.41) is 11.0. The van der Waals surface area contributed by atoms with Crippen LogP contribution in [0.2, 0.25) is 0 Å². The van der Waals surface area contributed by atoms with Crippen LogP contribution in [0.15, 0.2) is 106 Å². The van der Waals surface area contributed by atoms with Gasteiger partial charge in [-0.2, -0.15) is 0 Å². The Bertz CT molecular complexity index is 1160. The van der Waals surface area contributed by atoms with E-state index in [2.05, 4.69) is 0 Å². The first-order valence-corrected chi connectivity index (χ1v) is 15.2. The molecule has 38 heavy (non-hydrogen) atoms. The van der Waals surface area contributed by atoms with E-state index in [1.165, 1.54) is 0 Å². The van der Waals surface area contributed by atoms with Gasteiger partial charge >= 0.3 is 5.97 Å². The minimum atomic E-state index is -2.81. The number of carbonyl (C=O) groups excluding carboxylic acids is 1. The largest absolute Gasteiger partial charge is 0.463 e. The smallest absolute Gasteiger partial charge is 0.344 e. The Morgan fingerprint density at radius 2 is 1.26 bits per heavy atom. The second-order valence-corrected chi connectivity index (χ2v) is 14.8. The summed E-state index contributed by atoms with van der Waals surface area (Å²) in [6, 6.07) is 27.3. The summed E-state index contributed by atoms with van der Waals surface area (Å²) in [6.07, 6.45) is 2.58. The predicted molar refractivity (Wildman–Crippen MR) is 145 cm³/mol. The van der Waals surface area contributed by atoms with Gasteiger partial charge in [0.15, 0.2) is 5.50 Å². The molecule has 0 spiro atoms. The van der Waals surface area contributed by atoms with E-state index in [0.717, 1.165) is 32.1 Å². The highest BCUT2D eigenvalue weighted by Gasteiger charge is 2.58. The van der Waals surface area contributed by atoms with Gasteiger partial charge in [-0.05, 0) is 86.8 Å². The van der Waals surface area contributed by atoms with Gasteiger partial charge in [0.2, 0.25) is 6.17 Å². The molecule has 0 radical (unpaired) electrons. The summed E-state index contributed by atoms with van der Waals surface area (Å²) in [7, 11) is -2.81. The summed E-state index contributed by atoms with van der Waals surface area (Å²) in [4.78, 5) is 15.1. The number of ether oxygens (including phenoxy) is 1. The summed E-state index contributed by atoms with van der Waals surface area (Å²) < 4.78 is 38.6. The number of alkyl halides is 2. The minimum absolute atomic E-state index is 0.0403. The fourth-order valence-corrected chi connectivity index (χ4v) is 11.7. The molecule has 0 amide bonds. The lowest BCUT2D eigenvalue weighted by atomic mass is 9.48. The van der Waals surface area contributed by atoms with Crippen LogP contribution in [0.5, 0.6) is 0 Å². The van der Waals surface area contributed by atoms with E-state index in [0.29, 0.717) is 32.9 Å². The average molecular weight is 537 g/mol. The fraction of sp³-hybridized carbons (Fsp3) is 0.406. The fourth-order valence-electron chi connectivity index (χ4n) is 7.86. The SMILES string of the molecule is O=C(OCC12CC3CC(CC(O)(C3)C1)C2)C(F)C(F)S(c1ccccc1)(c1ccccc1)c1ccccc1. The van der Waals surface area contributed by atoms with Crippen LogP contribution in [-0.4, -0.2) is 35.0 Å². The lowest BCUT2D eigenvalue weighted by Crippen LogP contribution is -2.57. The van der Waals surface area contributed by atoms with Gasteiger partial charge in [-0.15, -0.1) is 10.0 Å². The zero-order chi connectivity index (χ0) is 26.4. The van der Waals surface area contributed by atoms with Crippen LogP contribution in [0.4, 0.5) is 8.78 Å². The van der Waals surface area contributed by atoms with E-state index in [4.69, 9.17) is 4.74 Å². The number of hydrogen-bond acceptors (Lipinski definition) is 3. The van der Waals surface area contributed by atoms with E-state index >= 15 is 8.78 Å². The van der Waals surface area contributed by atoms with Crippen molar-refractivity contribution in [3.8, 4) is 0 Å². The van der Waals surface area contributed by atoms with Crippen LogP contribution < -0.4 is 0 Å². The lowest BCUT2D eigenvalue weighted by Gasteiger charge is -2.59. The van der Waals surface area contributed by atoms with Crippen LogP contribution in [0, 0.1) is 17.3 Å². The molecule has 4 unspecified atom stereocenters. The molecule has 4 atom stereocenters. The molecule has 200 valence electrons. The molecule has 0 heterocycles. The molecule has 3 aromatic carbocycles. The van der Waals surface area contributed by atoms with Gasteiger partial charge in [0.1, 0.15) is 0 Å². The Morgan fingerprint density at radius 3 is 1.68 bits per heavy atom. The molecular weight excluding hydrogens is 502 g/mol. The van der Waals surface area contributed by atoms with Gasteiger partial charge in [0.05, 0.1) is 12.2 Å². The van der Waals surface area contributed by atoms with Crippen LogP contribution in [0.25, 0.3) is 0 Å². The van der Waals surface area contributed by atoms with E-state index in [1.807, 2.05) is 91.0 Å². The molecule has 3 aromatic rings. The lowest BCUT2D eigenvalue weighted by molar-refractivity contribution is -0.189. The number of aliphatic hydroxyl groups is 1. The first-order valence-electron chi connectivity index (χ1n) is 13.5. The maximum absolute atomic E-state index is 16.9. The van der Waals surface area contributed by atoms with Gasteiger partial charge in [0, 0.05) is 20.1 Å². The molecule has 4 saturated carbocycles. The monoisotopic (exact) mass is 536 g/mol. The molecule has 6 heteroatoms. The van der Waals surface area contributed by atoms with Crippen LogP contribution in [-0.2, 0) is 9.53 Å². The molecule has 4 bridgehead atoms. The second-order valence-electron chi connectivity index (χ2n) is 11.6. The maximum atomic E-state index is 16.9. The number of carbonyl (C=O) groups is 1. The molecule has 4 aliphatic rings. The van der Waals surface area contributed by atoms with Gasteiger partial charge in [-0.1, -0.05) is 54.6 Å². The number of hydrogen-bond donors (Lipinski definition) is 1. The van der Waals surface area contributed by atoms with Crippen LogP contribution >= 0.6 is 10.0 Å². The van der Waals surface area contributed by atoms with Crippen molar-refractivity contribution < 1.29 is 23.4 Å². The highest BCUT2D eigenvalue weighted by atomic mass is 32.3. The summed E-state index contributed by atoms with van der Waals surface area (Å²) >= 11 is 0. The van der Waals surface area contributed by atoms with E-state index in [-0.39, 0.29) is 12.0 Å². The summed E-state index contributed by atoms with van der Waals surface area (Å²) in [5.41, 5.74) is -3.19. The third-order valence-corrected chi connectivity index (χ3v) is 12.8. The maximum Gasteiger partial charge on any atom is 0.344 e. The van der Waals surface area contributed by atoms with Crippen molar-refractivity contribution in [3.05, 3.63) is 91.0 Å². The highest BCUT2D eigenvalue weighted by molar-refractivity contribution is 8.34. The van der Waals surface area contributed by atoms with Crippen molar-refractivity contribution in [2.75, 3.05) is 6.61 Å². The van der Waals surface area contributed by atoms with Gasteiger partial charge < -0.3 is 9.84 Å². The van der Waals surface area contributed by atoms with Crippen molar-refractivity contribution in [1.82, 2.24) is 0 Å². The zero-order valence-corrected chi connectivity index (χ0v) is 22.2. The molecule has 0 aromatic heterocycles. The molecule has 7 rings (SSSR count). The second kappa shape index (κ2) is 9.80. The topological polar surface area (TPSA) is 46.5 Å². The minimum Gasteiger partial charge on any atom is -0.463 e. The van der Waals surface area contributed by atoms with Crippen molar-refractivity contribution >= 4 is 16.0 Å². The number of esters is 1. The third-order valence-electron chi connectivity index (χ3n) is 8.81. The Kier molecular flexibility index (Phi) is 6.59. The van der Waals surface area contributed by atoms with Crippen LogP contribution in [0.3, 0.4) is 0 Å². The highest BCUT2D eigenvalue weighted by Crippen LogP contribution is 2.72. The van der Waals surface area contributed by atoms with Crippen LogP contribution in [0.1, 0.15) is 38.5 Å². The summed E-state index contributed by atoms with van der Waals surface area (Å²) in [5.74, 6) is -0.317. The van der Waals surface area contributed by atoms with Gasteiger partial charge in [-0.3, -0.25) is 0 Å². The number of halogens is 2. The molecular formula is C32H34F2O3S. The molecule has 0 aliphatic heterocycles. The Balaban J connectivity index is 1.32. The van der Waals surface area contributed by atoms with E-state index in [9.17, 15) is 9.90 Å². The number of rotatable bonds is 8. The number of benzene rings is 3. The predicted octanol–water partition coefficient (Wildman–Crippen LogP) is 7.48. The first kappa shape index (κ1) is 25.6. The standard InChI is InChI=1S/C32H34F2O3S/c33-28(30(35)37-22-31-17-23-16-24(18-31)20-32(36,19-23)21-31)29(34)38(25-10-4-1-5-11-25,26-12-6-2-7-13-26)27-14-8-3-9-15-27/h1-15,23-24,28-29,36H,16-22H2. The van der Waals surface area contributed by atoms with E-state index < -0.39 is 33.3 Å². The Labute approximate surface area is 224 Å². The van der Waals surface area contributed by atoms with Crippen molar-refractivity contribution in [3.63, 3.8) is 0 Å². The molecule has 3 nitrogen and oxygen atoms in total. The summed E-state index contributed by atoms with van der Waals surface area (Å²) in [6.45, 7) is 0.0403. The Morgan fingerprint density at radius 1 is 0.816 bits per heavy atom. The van der Waals surface area contributed by atoms with Crippen molar-refractivity contribution in [2.24, 2.45) is 17.3 Å². The van der Waals surface area contributed by atoms with Gasteiger partial charge in [-0.25, -0.2) is 13.6 Å². The van der Waals surface area contributed by atoms with Crippen molar-refractivity contribution in [2.45, 2.75) is 70.5 Å². The zero-order valence-electron chi connectivity index (χ0n) is 21.3. The Hall–Kier alpha value is -2.70. The average Bonchev–Trinajstić information content (AvgIpc) is 2.92. The van der Waals surface area contributed by atoms with Crippen molar-refractivity contribution in [1.29, 1.82) is 0 Å². The third kappa shape index (κ3) is 4.36. The first-order chi connectivity index (χ1) is 18.3. The normalized spacial score (nSPS) is 30.0. The van der Waals surface area contributed by atoms with Gasteiger partial charge in [0.25, 0.3) is 0 Å². The molecule has 4 aliphatic carbocycles. The molecule has 1 N–H and O–H groups in total. The quantitative estimate of drug-likeness (QED) is 0.304. The molecule has 0 saturated heterocycles. The van der Waals surface area contributed by atoms with E-state index in [1.54, 1.807) is 0 Å².